The van der Waals surface area contributed by atoms with Gasteiger partial charge in [0.2, 0.25) is 11.8 Å². The highest BCUT2D eigenvalue weighted by Gasteiger charge is 2.29. The highest BCUT2D eigenvalue weighted by atomic mass is 16.2. The molecule has 1 aromatic rings. The molecule has 2 heterocycles. The van der Waals surface area contributed by atoms with Gasteiger partial charge >= 0.3 is 0 Å². The van der Waals surface area contributed by atoms with Gasteiger partial charge in [0, 0.05) is 43.8 Å². The van der Waals surface area contributed by atoms with Crippen LogP contribution in [-0.4, -0.2) is 55.5 Å². The Hall–Kier alpha value is -1.92. The van der Waals surface area contributed by atoms with Gasteiger partial charge in [-0.2, -0.15) is 0 Å². The van der Waals surface area contributed by atoms with Crippen LogP contribution in [0.15, 0.2) is 24.3 Å². The Morgan fingerprint density at radius 2 is 1.67 bits per heavy atom. The average Bonchev–Trinajstić information content (AvgIpc) is 2.75. The van der Waals surface area contributed by atoms with Gasteiger partial charge in [-0.05, 0) is 75.6 Å². The largest absolute Gasteiger partial charge is 0.372 e. The van der Waals surface area contributed by atoms with E-state index in [0.29, 0.717) is 24.9 Å². The summed E-state index contributed by atoms with van der Waals surface area (Å²) in [6.07, 6.45) is 8.32. The first-order chi connectivity index (χ1) is 14.5. The van der Waals surface area contributed by atoms with Gasteiger partial charge in [-0.25, -0.2) is 0 Å². The van der Waals surface area contributed by atoms with E-state index in [1.54, 1.807) is 0 Å². The summed E-state index contributed by atoms with van der Waals surface area (Å²) < 4.78 is 0. The van der Waals surface area contributed by atoms with Crippen molar-refractivity contribution in [3.05, 3.63) is 29.8 Å². The molecular weight excluding hydrogens is 376 g/mol. The van der Waals surface area contributed by atoms with Crippen molar-refractivity contribution >= 4 is 17.5 Å². The lowest BCUT2D eigenvalue weighted by Crippen LogP contribution is -2.43. The number of amides is 2. The Morgan fingerprint density at radius 1 is 1.00 bits per heavy atom. The minimum Gasteiger partial charge on any atom is -0.372 e. The molecule has 2 amide bonds. The van der Waals surface area contributed by atoms with Gasteiger partial charge in [-0.3, -0.25) is 14.9 Å². The molecule has 0 spiro atoms. The van der Waals surface area contributed by atoms with Crippen molar-refractivity contribution in [2.24, 2.45) is 11.7 Å². The molecule has 1 atom stereocenters. The van der Waals surface area contributed by atoms with Crippen LogP contribution in [0.25, 0.3) is 0 Å². The van der Waals surface area contributed by atoms with Gasteiger partial charge in [0.25, 0.3) is 0 Å². The third-order valence-electron chi connectivity index (χ3n) is 7.43. The molecule has 6 nitrogen and oxygen atoms in total. The predicted octanol–water partition coefficient (Wildman–Crippen LogP) is 2.62. The number of carbonyl (C=O) groups excluding carboxylic acids is 2. The zero-order chi connectivity index (χ0) is 21.1. The van der Waals surface area contributed by atoms with E-state index in [4.69, 9.17) is 5.73 Å². The first kappa shape index (κ1) is 21.3. The number of nitrogens with one attached hydrogen (secondary N) is 1. The summed E-state index contributed by atoms with van der Waals surface area (Å²) in [6.45, 7) is 3.37. The summed E-state index contributed by atoms with van der Waals surface area (Å²) in [6, 6.07) is 9.52. The lowest BCUT2D eigenvalue weighted by atomic mass is 9.89. The number of hydrogen-bond acceptors (Lipinski definition) is 5. The molecule has 30 heavy (non-hydrogen) atoms. The second-order valence-corrected chi connectivity index (χ2v) is 9.53. The summed E-state index contributed by atoms with van der Waals surface area (Å²) in [5, 5.41) is 2.45. The standard InChI is InChI=1S/C24H36N4O2/c1-27(20-8-4-19(25)5-9-20)16-17-12-14-28(15-13-17)21-6-2-18(3-7-21)22-10-11-23(29)26-24(22)30/h2-3,6-7,17,19-20,22H,4-5,8-16,25H2,1H3,(H,26,29,30). The Labute approximate surface area is 180 Å². The fourth-order valence-corrected chi connectivity index (χ4v) is 5.40. The van der Waals surface area contributed by atoms with Crippen LogP contribution >= 0.6 is 0 Å². The Bertz CT molecular complexity index is 734. The number of nitrogens with zero attached hydrogens (tertiary/aromatic N) is 2. The van der Waals surface area contributed by atoms with Crippen molar-refractivity contribution < 1.29 is 9.59 Å². The molecule has 1 aromatic carbocycles. The molecule has 1 aliphatic carbocycles. The average molecular weight is 413 g/mol. The first-order valence-corrected chi connectivity index (χ1v) is 11.6. The molecule has 1 unspecified atom stereocenters. The van der Waals surface area contributed by atoms with Crippen LogP contribution in [0.3, 0.4) is 0 Å². The van der Waals surface area contributed by atoms with E-state index >= 15 is 0 Å². The number of imide groups is 1. The molecule has 0 bridgehead atoms. The fraction of sp³-hybridized carbons (Fsp3) is 0.667. The molecule has 4 rings (SSSR count). The zero-order valence-electron chi connectivity index (χ0n) is 18.2. The van der Waals surface area contributed by atoms with Gasteiger partial charge in [0.1, 0.15) is 0 Å². The molecule has 2 saturated heterocycles. The van der Waals surface area contributed by atoms with Crippen LogP contribution in [0.5, 0.6) is 0 Å². The van der Waals surface area contributed by atoms with Gasteiger partial charge in [0.05, 0.1) is 5.92 Å². The van der Waals surface area contributed by atoms with Crippen LogP contribution in [0.1, 0.15) is 62.8 Å². The van der Waals surface area contributed by atoms with Crippen LogP contribution in [-0.2, 0) is 9.59 Å². The topological polar surface area (TPSA) is 78.7 Å². The summed E-state index contributed by atoms with van der Waals surface area (Å²) in [5.74, 6) is 0.245. The van der Waals surface area contributed by atoms with Crippen LogP contribution in [0.2, 0.25) is 0 Å². The highest BCUT2D eigenvalue weighted by molar-refractivity contribution is 6.00. The van der Waals surface area contributed by atoms with E-state index in [0.717, 1.165) is 24.6 Å². The molecule has 1 saturated carbocycles. The molecule has 6 heteroatoms. The van der Waals surface area contributed by atoms with E-state index in [9.17, 15) is 9.59 Å². The number of carbonyl (C=O) groups is 2. The number of nitrogens with two attached hydrogens (primary N) is 1. The molecule has 164 valence electrons. The SMILES string of the molecule is CN(CC1CCN(c2ccc(C3CCC(=O)NC3=O)cc2)CC1)C1CCC(N)CC1. The fourth-order valence-electron chi connectivity index (χ4n) is 5.40. The van der Waals surface area contributed by atoms with Gasteiger partial charge < -0.3 is 15.5 Å². The maximum atomic E-state index is 12.1. The Kier molecular flexibility index (Phi) is 6.74. The third-order valence-corrected chi connectivity index (χ3v) is 7.43. The van der Waals surface area contributed by atoms with Crippen LogP contribution < -0.4 is 16.0 Å². The molecule has 2 aliphatic heterocycles. The van der Waals surface area contributed by atoms with E-state index < -0.39 is 0 Å². The second kappa shape index (κ2) is 9.48. The number of anilines is 1. The van der Waals surface area contributed by atoms with Crippen LogP contribution in [0.4, 0.5) is 5.69 Å². The minimum absolute atomic E-state index is 0.159. The number of rotatable bonds is 5. The van der Waals surface area contributed by atoms with E-state index in [1.807, 2.05) is 0 Å². The minimum atomic E-state index is -0.202. The molecule has 3 aliphatic rings. The first-order valence-electron chi connectivity index (χ1n) is 11.6. The normalized spacial score (nSPS) is 28.6. The van der Waals surface area contributed by atoms with Gasteiger partial charge in [0.15, 0.2) is 0 Å². The maximum Gasteiger partial charge on any atom is 0.234 e. The summed E-state index contributed by atoms with van der Waals surface area (Å²) >= 11 is 0. The summed E-state index contributed by atoms with van der Waals surface area (Å²) in [4.78, 5) is 28.5. The van der Waals surface area contributed by atoms with E-state index in [2.05, 4.69) is 46.4 Å². The number of benzene rings is 1. The van der Waals surface area contributed by atoms with Gasteiger partial charge in [-0.1, -0.05) is 12.1 Å². The Balaban J connectivity index is 1.26. The van der Waals surface area contributed by atoms with Crippen molar-refractivity contribution in [3.63, 3.8) is 0 Å². The lowest BCUT2D eigenvalue weighted by molar-refractivity contribution is -0.134. The van der Waals surface area contributed by atoms with Gasteiger partial charge in [-0.15, -0.1) is 0 Å². The second-order valence-electron chi connectivity index (χ2n) is 9.53. The van der Waals surface area contributed by atoms with Crippen LogP contribution in [0, 0.1) is 5.92 Å². The smallest absolute Gasteiger partial charge is 0.234 e. The number of piperidine rings is 2. The molecular formula is C24H36N4O2. The number of hydrogen-bond donors (Lipinski definition) is 2. The molecule has 3 N–H and O–H groups in total. The maximum absolute atomic E-state index is 12.1. The van der Waals surface area contributed by atoms with E-state index in [-0.39, 0.29) is 17.7 Å². The summed E-state index contributed by atoms with van der Waals surface area (Å²) in [7, 11) is 2.29. The molecule has 0 radical (unpaired) electrons. The van der Waals surface area contributed by atoms with E-state index in [1.165, 1.54) is 50.8 Å². The quantitative estimate of drug-likeness (QED) is 0.727. The molecule has 3 fully saturated rings. The predicted molar refractivity (Wildman–Crippen MR) is 119 cm³/mol. The highest BCUT2D eigenvalue weighted by Crippen LogP contribution is 2.29. The lowest BCUT2D eigenvalue weighted by Gasteiger charge is -2.39. The van der Waals surface area contributed by atoms with Crippen molar-refractivity contribution in [2.45, 2.75) is 69.4 Å². The Morgan fingerprint density at radius 3 is 2.30 bits per heavy atom. The third kappa shape index (κ3) is 5.03. The van der Waals surface area contributed by atoms with Crippen molar-refractivity contribution in [3.8, 4) is 0 Å². The van der Waals surface area contributed by atoms with Crippen molar-refractivity contribution in [1.29, 1.82) is 0 Å². The summed E-state index contributed by atoms with van der Waals surface area (Å²) in [5.41, 5.74) is 8.30. The van der Waals surface area contributed by atoms with Crippen molar-refractivity contribution in [1.82, 2.24) is 10.2 Å². The zero-order valence-corrected chi connectivity index (χ0v) is 18.2. The molecule has 0 aromatic heterocycles. The van der Waals surface area contributed by atoms with Crippen molar-refractivity contribution in [2.75, 3.05) is 31.6 Å². The monoisotopic (exact) mass is 412 g/mol.